The molecule has 36 heavy (non-hydrogen) atoms. The SMILES string of the molecule is Cc1c(Cl)nc(-c2ccc(NC(=O)Nc3ccc(N4CCOCC4)nc3)cc2)nc1N1CCOCC1. The molecule has 2 N–H and O–H groups in total. The number of carbonyl (C=O) groups is 1. The van der Waals surface area contributed by atoms with E-state index >= 15 is 0 Å². The smallest absolute Gasteiger partial charge is 0.323 e. The van der Waals surface area contributed by atoms with Gasteiger partial charge in [-0.15, -0.1) is 0 Å². The van der Waals surface area contributed by atoms with E-state index in [1.807, 2.05) is 31.2 Å². The van der Waals surface area contributed by atoms with E-state index in [-0.39, 0.29) is 6.03 Å². The fourth-order valence-electron chi connectivity index (χ4n) is 4.13. The highest BCUT2D eigenvalue weighted by Crippen LogP contribution is 2.28. The van der Waals surface area contributed by atoms with E-state index in [4.69, 9.17) is 26.1 Å². The van der Waals surface area contributed by atoms with Crippen LogP contribution in [0.1, 0.15) is 5.56 Å². The van der Waals surface area contributed by atoms with Gasteiger partial charge in [-0.3, -0.25) is 0 Å². The summed E-state index contributed by atoms with van der Waals surface area (Å²) in [7, 11) is 0. The quantitative estimate of drug-likeness (QED) is 0.500. The van der Waals surface area contributed by atoms with E-state index < -0.39 is 0 Å². The van der Waals surface area contributed by atoms with Crippen LogP contribution in [0.15, 0.2) is 42.6 Å². The molecular weight excluding hydrogens is 482 g/mol. The zero-order valence-corrected chi connectivity index (χ0v) is 20.8. The molecule has 0 atom stereocenters. The molecular formula is C25H28ClN7O3. The number of benzene rings is 1. The van der Waals surface area contributed by atoms with Crippen LogP contribution >= 0.6 is 11.6 Å². The van der Waals surface area contributed by atoms with Gasteiger partial charge in [0.05, 0.1) is 38.3 Å². The molecule has 10 nitrogen and oxygen atoms in total. The highest BCUT2D eigenvalue weighted by molar-refractivity contribution is 6.30. The van der Waals surface area contributed by atoms with E-state index in [1.54, 1.807) is 18.3 Å². The van der Waals surface area contributed by atoms with Crippen molar-refractivity contribution in [1.82, 2.24) is 15.0 Å². The Morgan fingerprint density at radius 1 is 0.861 bits per heavy atom. The van der Waals surface area contributed by atoms with Crippen molar-refractivity contribution in [3.05, 3.63) is 53.3 Å². The topological polar surface area (TPSA) is 105 Å². The lowest BCUT2D eigenvalue weighted by Gasteiger charge is -2.29. The number of hydrogen-bond donors (Lipinski definition) is 2. The first-order valence-corrected chi connectivity index (χ1v) is 12.3. The van der Waals surface area contributed by atoms with Gasteiger partial charge in [0, 0.05) is 43.0 Å². The molecule has 1 aromatic carbocycles. The Balaban J connectivity index is 1.22. The number of amides is 2. The van der Waals surface area contributed by atoms with Crippen LogP contribution in [-0.4, -0.2) is 73.6 Å². The molecule has 2 aliphatic heterocycles. The lowest BCUT2D eigenvalue weighted by atomic mass is 10.2. The highest BCUT2D eigenvalue weighted by atomic mass is 35.5. The predicted molar refractivity (Wildman–Crippen MR) is 140 cm³/mol. The van der Waals surface area contributed by atoms with Crippen LogP contribution in [0.4, 0.5) is 27.8 Å². The number of ether oxygens (including phenoxy) is 2. The predicted octanol–water partition coefficient (Wildman–Crippen LogP) is 3.82. The Hall–Kier alpha value is -3.47. The summed E-state index contributed by atoms with van der Waals surface area (Å²) in [6.07, 6.45) is 1.65. The minimum absolute atomic E-state index is 0.354. The Kier molecular flexibility index (Phi) is 7.45. The van der Waals surface area contributed by atoms with Crippen LogP contribution in [0.5, 0.6) is 0 Å². The summed E-state index contributed by atoms with van der Waals surface area (Å²) in [4.78, 5) is 30.5. The van der Waals surface area contributed by atoms with Crippen molar-refractivity contribution in [1.29, 1.82) is 0 Å². The van der Waals surface area contributed by atoms with E-state index in [9.17, 15) is 4.79 Å². The zero-order valence-electron chi connectivity index (χ0n) is 20.0. The second kappa shape index (κ2) is 11.1. The molecule has 0 spiro atoms. The van der Waals surface area contributed by atoms with Crippen molar-refractivity contribution >= 4 is 40.6 Å². The molecule has 4 heterocycles. The molecule has 5 rings (SSSR count). The molecule has 0 aliphatic carbocycles. The number of urea groups is 1. The third-order valence-electron chi connectivity index (χ3n) is 6.11. The second-order valence-electron chi connectivity index (χ2n) is 8.55. The van der Waals surface area contributed by atoms with Crippen LogP contribution in [0, 0.1) is 6.92 Å². The fourth-order valence-corrected chi connectivity index (χ4v) is 4.29. The summed E-state index contributed by atoms with van der Waals surface area (Å²) in [5.74, 6) is 2.23. The lowest BCUT2D eigenvalue weighted by molar-refractivity contribution is 0.122. The number of nitrogens with one attached hydrogen (secondary N) is 2. The summed E-state index contributed by atoms with van der Waals surface area (Å²) < 4.78 is 10.8. The zero-order chi connectivity index (χ0) is 24.9. The monoisotopic (exact) mass is 509 g/mol. The van der Waals surface area contributed by atoms with Gasteiger partial charge in [0.2, 0.25) is 0 Å². The Bertz CT molecular complexity index is 1200. The fraction of sp³-hybridized carbons (Fsp3) is 0.360. The first-order valence-electron chi connectivity index (χ1n) is 11.9. The van der Waals surface area contributed by atoms with Crippen LogP contribution in [0.25, 0.3) is 11.4 Å². The van der Waals surface area contributed by atoms with Gasteiger partial charge in [-0.05, 0) is 43.3 Å². The van der Waals surface area contributed by atoms with Crippen molar-refractivity contribution in [2.75, 3.05) is 73.0 Å². The number of aromatic nitrogens is 3. The number of nitrogens with zero attached hydrogens (tertiary/aromatic N) is 5. The van der Waals surface area contributed by atoms with Crippen molar-refractivity contribution in [2.24, 2.45) is 0 Å². The maximum Gasteiger partial charge on any atom is 0.323 e. The molecule has 3 aromatic rings. The summed E-state index contributed by atoms with van der Waals surface area (Å²) in [6.45, 7) is 7.78. The number of carbonyl (C=O) groups excluding carboxylic acids is 1. The molecule has 0 unspecified atom stereocenters. The van der Waals surface area contributed by atoms with Crippen molar-refractivity contribution in [3.8, 4) is 11.4 Å². The number of morpholine rings is 2. The van der Waals surface area contributed by atoms with Crippen LogP contribution < -0.4 is 20.4 Å². The first-order chi connectivity index (χ1) is 17.6. The van der Waals surface area contributed by atoms with Gasteiger partial charge in [0.25, 0.3) is 0 Å². The summed E-state index contributed by atoms with van der Waals surface area (Å²) in [6, 6.07) is 10.7. The summed E-state index contributed by atoms with van der Waals surface area (Å²) >= 11 is 6.43. The van der Waals surface area contributed by atoms with Crippen LogP contribution in [0.2, 0.25) is 5.15 Å². The van der Waals surface area contributed by atoms with Crippen molar-refractivity contribution in [2.45, 2.75) is 6.92 Å². The number of hydrogen-bond acceptors (Lipinski definition) is 8. The molecule has 188 valence electrons. The van der Waals surface area contributed by atoms with Gasteiger partial charge in [0.1, 0.15) is 16.8 Å². The average Bonchev–Trinajstić information content (AvgIpc) is 2.92. The van der Waals surface area contributed by atoms with Crippen molar-refractivity contribution in [3.63, 3.8) is 0 Å². The Morgan fingerprint density at radius 3 is 2.11 bits per heavy atom. The standard InChI is InChI=1S/C25H28ClN7O3/c1-17-22(26)30-23(31-24(17)33-10-14-36-15-11-33)18-2-4-19(5-3-18)28-25(34)29-20-6-7-21(27-16-20)32-8-12-35-13-9-32/h2-7,16H,8-15H2,1H3,(H2,28,29,34). The maximum absolute atomic E-state index is 12.5. The molecule has 2 aromatic heterocycles. The van der Waals surface area contributed by atoms with E-state index in [0.29, 0.717) is 48.8 Å². The summed E-state index contributed by atoms with van der Waals surface area (Å²) in [5, 5.41) is 6.07. The molecule has 0 saturated carbocycles. The molecule has 2 fully saturated rings. The first kappa shape index (κ1) is 24.2. The van der Waals surface area contributed by atoms with E-state index in [0.717, 1.165) is 48.9 Å². The van der Waals surface area contributed by atoms with Gasteiger partial charge < -0.3 is 29.9 Å². The third kappa shape index (κ3) is 5.67. The summed E-state index contributed by atoms with van der Waals surface area (Å²) in [5.41, 5.74) is 2.91. The maximum atomic E-state index is 12.5. The number of halogens is 1. The third-order valence-corrected chi connectivity index (χ3v) is 6.48. The Labute approximate surface area is 214 Å². The highest BCUT2D eigenvalue weighted by Gasteiger charge is 2.19. The molecule has 0 bridgehead atoms. The van der Waals surface area contributed by atoms with Gasteiger partial charge in [0.15, 0.2) is 5.82 Å². The van der Waals surface area contributed by atoms with Crippen LogP contribution in [-0.2, 0) is 9.47 Å². The molecule has 11 heteroatoms. The average molecular weight is 510 g/mol. The molecule has 2 saturated heterocycles. The lowest BCUT2D eigenvalue weighted by Crippen LogP contribution is -2.37. The van der Waals surface area contributed by atoms with Gasteiger partial charge in [-0.1, -0.05) is 11.6 Å². The van der Waals surface area contributed by atoms with Gasteiger partial charge in [-0.25, -0.2) is 19.7 Å². The van der Waals surface area contributed by atoms with Crippen LogP contribution in [0.3, 0.4) is 0 Å². The number of anilines is 4. The van der Waals surface area contributed by atoms with Gasteiger partial charge in [-0.2, -0.15) is 0 Å². The normalized spacial score (nSPS) is 16.1. The molecule has 2 amide bonds. The second-order valence-corrected chi connectivity index (χ2v) is 8.91. The van der Waals surface area contributed by atoms with Crippen molar-refractivity contribution < 1.29 is 14.3 Å². The minimum Gasteiger partial charge on any atom is -0.378 e. The van der Waals surface area contributed by atoms with E-state index in [1.165, 1.54) is 0 Å². The Morgan fingerprint density at radius 2 is 1.47 bits per heavy atom. The molecule has 2 aliphatic rings. The largest absolute Gasteiger partial charge is 0.378 e. The molecule has 0 radical (unpaired) electrons. The van der Waals surface area contributed by atoms with Gasteiger partial charge >= 0.3 is 6.03 Å². The number of pyridine rings is 1. The number of rotatable bonds is 5. The van der Waals surface area contributed by atoms with E-state index in [2.05, 4.69) is 30.4 Å². The minimum atomic E-state index is -0.354.